The fraction of sp³-hybridized carbons (Fsp3) is 0.167. The summed E-state index contributed by atoms with van der Waals surface area (Å²) in [4.78, 5) is 34.8. The predicted octanol–water partition coefficient (Wildman–Crippen LogP) is 2.11. The van der Waals surface area contributed by atoms with Crippen LogP contribution in [0.5, 0.6) is 0 Å². The maximum atomic E-state index is 11.9. The van der Waals surface area contributed by atoms with Crippen LogP contribution in [-0.2, 0) is 32.3 Å². The number of benzene rings is 2. The third kappa shape index (κ3) is 5.98. The zero-order valence-electron chi connectivity index (χ0n) is 13.3. The van der Waals surface area contributed by atoms with E-state index < -0.39 is 24.1 Å². The molecule has 0 radical (unpaired) electrons. The third-order valence-electron chi connectivity index (χ3n) is 3.18. The van der Waals surface area contributed by atoms with E-state index in [1.165, 1.54) is 0 Å². The molecule has 2 aromatic carbocycles. The van der Waals surface area contributed by atoms with Gasteiger partial charge in [-0.15, -0.1) is 0 Å². The quantitative estimate of drug-likeness (QED) is 0.590. The second-order valence-corrected chi connectivity index (χ2v) is 5.07. The number of carboxylic acid groups (broad SMARTS) is 1. The minimum atomic E-state index is -1.84. The van der Waals surface area contributed by atoms with Gasteiger partial charge in [0, 0.05) is 0 Å². The van der Waals surface area contributed by atoms with Crippen molar-refractivity contribution in [1.82, 2.24) is 5.32 Å². The minimum Gasteiger partial charge on any atom is -0.479 e. The van der Waals surface area contributed by atoms with Crippen LogP contribution >= 0.6 is 0 Å². The molecule has 0 aliphatic rings. The molecule has 0 saturated heterocycles. The summed E-state index contributed by atoms with van der Waals surface area (Å²) < 4.78 is 9.83. The number of carboxylic acids is 1. The van der Waals surface area contributed by atoms with Crippen molar-refractivity contribution < 1.29 is 29.0 Å². The van der Waals surface area contributed by atoms with Crippen molar-refractivity contribution in [3.05, 3.63) is 71.8 Å². The number of amides is 1. The van der Waals surface area contributed by atoms with Gasteiger partial charge < -0.3 is 14.6 Å². The number of rotatable bonds is 7. The summed E-state index contributed by atoms with van der Waals surface area (Å²) >= 11 is 0. The lowest BCUT2D eigenvalue weighted by Crippen LogP contribution is -2.47. The lowest BCUT2D eigenvalue weighted by atomic mass is 10.2. The largest absolute Gasteiger partial charge is 0.479 e. The van der Waals surface area contributed by atoms with E-state index in [1.54, 1.807) is 54.6 Å². The number of esters is 1. The van der Waals surface area contributed by atoms with Crippen molar-refractivity contribution in [1.29, 1.82) is 0 Å². The molecular weight excluding hydrogens is 326 g/mol. The molecular formula is C18H17NO6. The average molecular weight is 343 g/mol. The molecule has 130 valence electrons. The fourth-order valence-corrected chi connectivity index (χ4v) is 1.92. The Labute approximate surface area is 144 Å². The summed E-state index contributed by atoms with van der Waals surface area (Å²) in [5, 5.41) is 11.1. The van der Waals surface area contributed by atoms with Gasteiger partial charge in [0.05, 0.1) is 0 Å². The van der Waals surface area contributed by atoms with E-state index in [4.69, 9.17) is 14.6 Å². The topological polar surface area (TPSA) is 102 Å². The molecule has 0 aliphatic heterocycles. The maximum Gasteiger partial charge on any atom is 0.408 e. The highest BCUT2D eigenvalue weighted by Gasteiger charge is 2.30. The Bertz CT molecular complexity index is 717. The van der Waals surface area contributed by atoms with E-state index in [-0.39, 0.29) is 13.2 Å². The van der Waals surface area contributed by atoms with Gasteiger partial charge in [0.15, 0.2) is 0 Å². The normalized spacial score (nSPS) is 11.2. The van der Waals surface area contributed by atoms with Gasteiger partial charge in [-0.1, -0.05) is 60.7 Å². The lowest BCUT2D eigenvalue weighted by Gasteiger charge is -2.14. The number of ether oxygens (including phenoxy) is 2. The first-order valence-electron chi connectivity index (χ1n) is 7.47. The zero-order valence-corrected chi connectivity index (χ0v) is 13.3. The summed E-state index contributed by atoms with van der Waals surface area (Å²) in [6.07, 6.45) is -1.02. The van der Waals surface area contributed by atoms with Crippen LogP contribution < -0.4 is 5.32 Å². The van der Waals surface area contributed by atoms with Crippen LogP contribution in [0.1, 0.15) is 11.1 Å². The highest BCUT2D eigenvalue weighted by molar-refractivity contribution is 6.00. The van der Waals surface area contributed by atoms with E-state index in [0.717, 1.165) is 5.56 Å². The SMILES string of the molecule is O=C(NC(C(=O)O)C(=O)OCc1ccccc1)OCc1ccccc1. The first kappa shape index (κ1) is 18.0. The predicted molar refractivity (Wildman–Crippen MR) is 87.4 cm³/mol. The molecule has 0 aromatic heterocycles. The molecule has 2 aromatic rings. The number of hydrogen-bond donors (Lipinski definition) is 2. The third-order valence-corrected chi connectivity index (χ3v) is 3.18. The van der Waals surface area contributed by atoms with Crippen molar-refractivity contribution in [2.24, 2.45) is 0 Å². The Balaban J connectivity index is 1.85. The van der Waals surface area contributed by atoms with Crippen LogP contribution in [-0.4, -0.2) is 29.2 Å². The molecule has 1 atom stereocenters. The summed E-state index contributed by atoms with van der Waals surface area (Å²) in [6, 6.07) is 15.8. The summed E-state index contributed by atoms with van der Waals surface area (Å²) in [6.45, 7) is -0.137. The molecule has 0 spiro atoms. The van der Waals surface area contributed by atoms with Crippen LogP contribution in [0.2, 0.25) is 0 Å². The molecule has 1 unspecified atom stereocenters. The van der Waals surface area contributed by atoms with Crippen LogP contribution in [0.15, 0.2) is 60.7 Å². The highest BCUT2D eigenvalue weighted by Crippen LogP contribution is 2.04. The van der Waals surface area contributed by atoms with E-state index in [0.29, 0.717) is 5.56 Å². The van der Waals surface area contributed by atoms with Crippen molar-refractivity contribution in [3.63, 3.8) is 0 Å². The van der Waals surface area contributed by atoms with Gasteiger partial charge in [-0.05, 0) is 11.1 Å². The van der Waals surface area contributed by atoms with Gasteiger partial charge in [0.25, 0.3) is 0 Å². The van der Waals surface area contributed by atoms with Crippen LogP contribution in [0.25, 0.3) is 0 Å². The molecule has 2 rings (SSSR count). The van der Waals surface area contributed by atoms with E-state index in [9.17, 15) is 14.4 Å². The second-order valence-electron chi connectivity index (χ2n) is 5.07. The fourth-order valence-electron chi connectivity index (χ4n) is 1.92. The average Bonchev–Trinajstić information content (AvgIpc) is 2.64. The second kappa shape index (κ2) is 9.07. The van der Waals surface area contributed by atoms with Crippen LogP contribution in [0, 0.1) is 0 Å². The maximum absolute atomic E-state index is 11.9. The first-order chi connectivity index (χ1) is 12.1. The van der Waals surface area contributed by atoms with Gasteiger partial charge in [-0.2, -0.15) is 0 Å². The summed E-state index contributed by atoms with van der Waals surface area (Å²) in [5.41, 5.74) is 1.43. The Morgan fingerprint density at radius 2 is 1.32 bits per heavy atom. The van der Waals surface area contributed by atoms with Crippen molar-refractivity contribution in [2.45, 2.75) is 19.3 Å². The van der Waals surface area contributed by atoms with Crippen molar-refractivity contribution in [3.8, 4) is 0 Å². The molecule has 0 fully saturated rings. The summed E-state index contributed by atoms with van der Waals surface area (Å²) in [7, 11) is 0. The number of carbonyl (C=O) groups excluding carboxylic acids is 2. The van der Waals surface area contributed by atoms with E-state index >= 15 is 0 Å². The molecule has 2 N–H and O–H groups in total. The smallest absolute Gasteiger partial charge is 0.408 e. The number of carbonyl (C=O) groups is 3. The number of nitrogens with one attached hydrogen (secondary N) is 1. The summed E-state index contributed by atoms with van der Waals surface area (Å²) in [5.74, 6) is -2.61. The minimum absolute atomic E-state index is 0.0436. The Hall–Kier alpha value is -3.35. The monoisotopic (exact) mass is 343 g/mol. The van der Waals surface area contributed by atoms with Crippen LogP contribution in [0.4, 0.5) is 4.79 Å². The first-order valence-corrected chi connectivity index (χ1v) is 7.47. The molecule has 7 nitrogen and oxygen atoms in total. The number of alkyl carbamates (subject to hydrolysis) is 1. The van der Waals surface area contributed by atoms with Crippen molar-refractivity contribution >= 4 is 18.0 Å². The molecule has 0 bridgehead atoms. The van der Waals surface area contributed by atoms with E-state index in [2.05, 4.69) is 0 Å². The standard InChI is InChI=1S/C18H17NO6/c20-16(21)15(17(22)24-11-13-7-3-1-4-8-13)19-18(23)25-12-14-9-5-2-6-10-14/h1-10,15H,11-12H2,(H,19,23)(H,20,21). The van der Waals surface area contributed by atoms with Crippen molar-refractivity contribution in [2.75, 3.05) is 0 Å². The van der Waals surface area contributed by atoms with Gasteiger partial charge >= 0.3 is 18.0 Å². The van der Waals surface area contributed by atoms with Gasteiger partial charge in [-0.25, -0.2) is 14.4 Å². The Kier molecular flexibility index (Phi) is 6.53. The Morgan fingerprint density at radius 1 is 0.840 bits per heavy atom. The number of hydrogen-bond acceptors (Lipinski definition) is 5. The van der Waals surface area contributed by atoms with Gasteiger partial charge in [0.2, 0.25) is 6.04 Å². The zero-order chi connectivity index (χ0) is 18.1. The molecule has 0 heterocycles. The molecule has 1 amide bonds. The molecule has 0 saturated carbocycles. The van der Waals surface area contributed by atoms with Gasteiger partial charge in [-0.3, -0.25) is 5.32 Å². The Morgan fingerprint density at radius 3 is 1.80 bits per heavy atom. The molecule has 25 heavy (non-hydrogen) atoms. The number of aliphatic carboxylic acids is 1. The van der Waals surface area contributed by atoms with Crippen LogP contribution in [0.3, 0.4) is 0 Å². The molecule has 7 heteroatoms. The lowest BCUT2D eigenvalue weighted by molar-refractivity contribution is -0.155. The van der Waals surface area contributed by atoms with Gasteiger partial charge in [0.1, 0.15) is 13.2 Å². The molecule has 0 aliphatic carbocycles. The highest BCUT2D eigenvalue weighted by atomic mass is 16.6. The van der Waals surface area contributed by atoms with E-state index in [1.807, 2.05) is 11.4 Å².